The summed E-state index contributed by atoms with van der Waals surface area (Å²) in [4.78, 5) is 26.5. The Kier molecular flexibility index (Phi) is 4.64. The van der Waals surface area contributed by atoms with Crippen LogP contribution in [0.4, 0.5) is 5.13 Å². The molecule has 2 aliphatic heterocycles. The largest absolute Gasteiger partial charge is 0.346 e. The Morgan fingerprint density at radius 1 is 1.11 bits per heavy atom. The Morgan fingerprint density at radius 2 is 1.96 bits per heavy atom. The van der Waals surface area contributed by atoms with E-state index >= 15 is 0 Å². The van der Waals surface area contributed by atoms with Crippen molar-refractivity contribution in [1.82, 2.24) is 19.4 Å². The van der Waals surface area contributed by atoms with Crippen LogP contribution in [0, 0.1) is 6.92 Å². The van der Waals surface area contributed by atoms with Gasteiger partial charge in [-0.3, -0.25) is 14.3 Å². The van der Waals surface area contributed by atoms with E-state index < -0.39 is 0 Å². The third kappa shape index (κ3) is 3.33. The van der Waals surface area contributed by atoms with Gasteiger partial charge in [0.2, 0.25) is 0 Å². The van der Waals surface area contributed by atoms with E-state index in [0.29, 0.717) is 6.04 Å². The molecule has 0 radical (unpaired) electrons. The van der Waals surface area contributed by atoms with Gasteiger partial charge in [0.25, 0.3) is 5.56 Å². The van der Waals surface area contributed by atoms with Gasteiger partial charge in [-0.25, -0.2) is 9.97 Å². The van der Waals surface area contributed by atoms with E-state index in [1.54, 1.807) is 28.3 Å². The average Bonchev–Trinajstić information content (AvgIpc) is 3.35. The van der Waals surface area contributed by atoms with Crippen LogP contribution in [0.5, 0.6) is 0 Å². The number of likely N-dealkylation sites (tertiary alicyclic amines) is 1. The molecule has 7 heteroatoms. The van der Waals surface area contributed by atoms with Crippen molar-refractivity contribution in [3.63, 3.8) is 0 Å². The summed E-state index contributed by atoms with van der Waals surface area (Å²) < 4.78 is 2.70. The number of rotatable bonds is 3. The van der Waals surface area contributed by atoms with Crippen LogP contribution in [0.25, 0.3) is 15.9 Å². The molecular formula is C21H25N5OS. The van der Waals surface area contributed by atoms with Crippen molar-refractivity contribution >= 4 is 26.7 Å². The van der Waals surface area contributed by atoms with Crippen LogP contribution < -0.4 is 10.5 Å². The SMILES string of the molecule is Cc1cc(=O)n(-c2ccc3nc(N4CC[C@@H](N5CCCCC5)C4)sc3c2)cn1. The summed E-state index contributed by atoms with van der Waals surface area (Å²) in [5.41, 5.74) is 2.52. The molecule has 0 bridgehead atoms. The molecule has 0 aliphatic carbocycles. The first kappa shape index (κ1) is 17.8. The molecule has 0 N–H and O–H groups in total. The van der Waals surface area contributed by atoms with Crippen LogP contribution in [-0.4, -0.2) is 51.7 Å². The second-order valence-corrected chi connectivity index (χ2v) is 8.88. The van der Waals surface area contributed by atoms with E-state index in [4.69, 9.17) is 4.98 Å². The third-order valence-corrected chi connectivity index (χ3v) is 7.01. The van der Waals surface area contributed by atoms with Crippen molar-refractivity contribution in [1.29, 1.82) is 0 Å². The normalized spacial score (nSPS) is 20.9. The minimum absolute atomic E-state index is 0.0551. The summed E-state index contributed by atoms with van der Waals surface area (Å²) >= 11 is 1.72. The average molecular weight is 396 g/mol. The smallest absolute Gasteiger partial charge is 0.258 e. The van der Waals surface area contributed by atoms with Gasteiger partial charge in [0.1, 0.15) is 6.33 Å². The van der Waals surface area contributed by atoms with E-state index in [0.717, 1.165) is 39.8 Å². The van der Waals surface area contributed by atoms with Crippen molar-refractivity contribution in [3.05, 3.63) is 46.6 Å². The van der Waals surface area contributed by atoms with Gasteiger partial charge in [0.05, 0.1) is 15.9 Å². The molecule has 2 aromatic heterocycles. The molecule has 146 valence electrons. The number of aromatic nitrogens is 3. The molecule has 2 fully saturated rings. The molecule has 6 nitrogen and oxygen atoms in total. The fourth-order valence-corrected chi connectivity index (χ4v) is 5.40. The molecule has 2 saturated heterocycles. The van der Waals surface area contributed by atoms with Gasteiger partial charge in [-0.15, -0.1) is 0 Å². The molecule has 1 aromatic carbocycles. The molecule has 0 unspecified atom stereocenters. The quantitative estimate of drug-likeness (QED) is 0.682. The Morgan fingerprint density at radius 3 is 2.79 bits per heavy atom. The second-order valence-electron chi connectivity index (χ2n) is 7.87. The summed E-state index contributed by atoms with van der Waals surface area (Å²) in [6.07, 6.45) is 6.89. The Hall–Kier alpha value is -2.25. The Bertz CT molecular complexity index is 1050. The first-order chi connectivity index (χ1) is 13.7. The number of nitrogens with zero attached hydrogens (tertiary/aromatic N) is 5. The summed E-state index contributed by atoms with van der Waals surface area (Å²) in [6.45, 7) is 6.49. The molecule has 5 rings (SSSR count). The van der Waals surface area contributed by atoms with Crippen LogP contribution in [0.3, 0.4) is 0 Å². The van der Waals surface area contributed by atoms with Gasteiger partial charge in [-0.2, -0.15) is 0 Å². The number of hydrogen-bond acceptors (Lipinski definition) is 6. The van der Waals surface area contributed by atoms with Crippen LogP contribution in [0.1, 0.15) is 31.4 Å². The molecule has 3 aromatic rings. The maximum Gasteiger partial charge on any atom is 0.258 e. The fourth-order valence-electron chi connectivity index (χ4n) is 4.37. The van der Waals surface area contributed by atoms with Crippen LogP contribution in [0.15, 0.2) is 35.4 Å². The van der Waals surface area contributed by atoms with E-state index in [2.05, 4.69) is 14.8 Å². The summed E-state index contributed by atoms with van der Waals surface area (Å²) in [6, 6.07) is 8.24. The topological polar surface area (TPSA) is 54.3 Å². The lowest BCUT2D eigenvalue weighted by Gasteiger charge is -2.32. The lowest BCUT2D eigenvalue weighted by molar-refractivity contribution is 0.175. The highest BCUT2D eigenvalue weighted by Gasteiger charge is 2.29. The monoisotopic (exact) mass is 395 g/mol. The van der Waals surface area contributed by atoms with Crippen LogP contribution in [0.2, 0.25) is 0 Å². The molecule has 1 atom stereocenters. The Labute approximate surface area is 168 Å². The lowest BCUT2D eigenvalue weighted by atomic mass is 10.1. The molecular weight excluding hydrogens is 370 g/mol. The van der Waals surface area contributed by atoms with E-state index in [1.807, 2.05) is 25.1 Å². The van der Waals surface area contributed by atoms with Crippen molar-refractivity contribution in [3.8, 4) is 5.69 Å². The Balaban J connectivity index is 1.39. The van der Waals surface area contributed by atoms with Crippen LogP contribution in [-0.2, 0) is 0 Å². The van der Waals surface area contributed by atoms with Gasteiger partial charge in [-0.1, -0.05) is 17.8 Å². The van der Waals surface area contributed by atoms with E-state index in [1.165, 1.54) is 38.8 Å². The zero-order valence-electron chi connectivity index (χ0n) is 16.2. The number of piperidine rings is 1. The molecule has 28 heavy (non-hydrogen) atoms. The van der Waals surface area contributed by atoms with Gasteiger partial charge in [-0.05, 0) is 57.5 Å². The highest BCUT2D eigenvalue weighted by molar-refractivity contribution is 7.22. The van der Waals surface area contributed by atoms with Crippen molar-refractivity contribution in [2.45, 2.75) is 38.6 Å². The first-order valence-corrected chi connectivity index (χ1v) is 10.9. The number of aryl methyl sites for hydroxylation is 1. The number of anilines is 1. The molecule has 0 saturated carbocycles. The highest BCUT2D eigenvalue weighted by atomic mass is 32.1. The number of thiazole rings is 1. The maximum absolute atomic E-state index is 12.3. The first-order valence-electron chi connectivity index (χ1n) is 10.1. The number of benzene rings is 1. The zero-order valence-corrected chi connectivity index (χ0v) is 17.0. The van der Waals surface area contributed by atoms with Gasteiger partial charge in [0, 0.05) is 30.9 Å². The zero-order chi connectivity index (χ0) is 19.1. The fraction of sp³-hybridized carbons (Fsp3) is 0.476. The second kappa shape index (κ2) is 7.29. The number of fused-ring (bicyclic) bond motifs is 1. The molecule has 2 aliphatic rings. The predicted molar refractivity (Wildman–Crippen MR) is 114 cm³/mol. The summed E-state index contributed by atoms with van der Waals surface area (Å²) in [5, 5.41) is 1.10. The van der Waals surface area contributed by atoms with Gasteiger partial charge in [0.15, 0.2) is 5.13 Å². The van der Waals surface area contributed by atoms with Crippen molar-refractivity contribution in [2.75, 3.05) is 31.1 Å². The highest BCUT2D eigenvalue weighted by Crippen LogP contribution is 2.33. The molecule has 0 amide bonds. The standard InChI is InChI=1S/C21H25N5OS/c1-15-11-20(27)26(14-22-15)16-5-6-18-19(12-16)28-21(23-18)25-10-7-17(13-25)24-8-3-2-4-9-24/h5-6,11-12,14,17H,2-4,7-10,13H2,1H3/t17-/m1/s1. The van der Waals surface area contributed by atoms with E-state index in [-0.39, 0.29) is 5.56 Å². The minimum atomic E-state index is -0.0551. The minimum Gasteiger partial charge on any atom is -0.346 e. The van der Waals surface area contributed by atoms with E-state index in [9.17, 15) is 4.79 Å². The maximum atomic E-state index is 12.3. The van der Waals surface area contributed by atoms with Gasteiger partial charge < -0.3 is 4.90 Å². The molecule has 0 spiro atoms. The molecule has 4 heterocycles. The summed E-state index contributed by atoms with van der Waals surface area (Å²) in [7, 11) is 0. The van der Waals surface area contributed by atoms with Gasteiger partial charge >= 0.3 is 0 Å². The van der Waals surface area contributed by atoms with Crippen molar-refractivity contribution < 1.29 is 0 Å². The summed E-state index contributed by atoms with van der Waals surface area (Å²) in [5.74, 6) is 0. The number of hydrogen-bond donors (Lipinski definition) is 0. The van der Waals surface area contributed by atoms with Crippen molar-refractivity contribution in [2.24, 2.45) is 0 Å². The predicted octanol–water partition coefficient (Wildman–Crippen LogP) is 3.22. The third-order valence-electron chi connectivity index (χ3n) is 5.93. The lowest BCUT2D eigenvalue weighted by Crippen LogP contribution is -2.40. The van der Waals surface area contributed by atoms with Crippen LogP contribution >= 0.6 is 11.3 Å².